The van der Waals surface area contributed by atoms with E-state index in [1.54, 1.807) is 19.2 Å². The molecule has 4 heterocycles. The number of hydrogen-bond acceptors (Lipinski definition) is 9. The molecule has 1 aliphatic rings. The van der Waals surface area contributed by atoms with Gasteiger partial charge in [-0.15, -0.1) is 0 Å². The first-order chi connectivity index (χ1) is 20.7. The van der Waals surface area contributed by atoms with Crippen molar-refractivity contribution in [2.75, 3.05) is 29.6 Å². The minimum atomic E-state index is -3.86. The number of fused-ring (bicyclic) bond motifs is 1. The average molecular weight is 649 g/mol. The van der Waals surface area contributed by atoms with Crippen molar-refractivity contribution in [2.45, 2.75) is 45.2 Å². The highest BCUT2D eigenvalue weighted by Crippen LogP contribution is 2.32. The van der Waals surface area contributed by atoms with Crippen molar-refractivity contribution in [1.82, 2.24) is 29.0 Å². The van der Waals surface area contributed by atoms with Crippen molar-refractivity contribution in [3.05, 3.63) is 74.6 Å². The van der Waals surface area contributed by atoms with Gasteiger partial charge < -0.3 is 10.2 Å². The monoisotopic (exact) mass is 648 g/mol. The summed E-state index contributed by atoms with van der Waals surface area (Å²) in [6.07, 6.45) is 3.43. The van der Waals surface area contributed by atoms with Crippen molar-refractivity contribution in [1.29, 1.82) is 0 Å². The van der Waals surface area contributed by atoms with E-state index in [0.717, 1.165) is 11.8 Å². The van der Waals surface area contributed by atoms with Crippen LogP contribution in [0.5, 0.6) is 0 Å². The molecule has 3 aromatic heterocycles. The van der Waals surface area contributed by atoms with E-state index in [2.05, 4.69) is 15.4 Å². The Labute approximate surface area is 257 Å². The van der Waals surface area contributed by atoms with Gasteiger partial charge in [-0.05, 0) is 56.5 Å². The third-order valence-corrected chi connectivity index (χ3v) is 8.32. The Bertz CT molecular complexity index is 1910. The van der Waals surface area contributed by atoms with Crippen molar-refractivity contribution in [2.24, 2.45) is 7.05 Å². The summed E-state index contributed by atoms with van der Waals surface area (Å²) in [6, 6.07) is 7.76. The number of aryl methyl sites for hydroxylation is 1. The molecular weight excluding hydrogens is 618 g/mol. The van der Waals surface area contributed by atoms with Gasteiger partial charge in [0.05, 0.1) is 34.6 Å². The van der Waals surface area contributed by atoms with Crippen LogP contribution in [0.15, 0.2) is 41.3 Å². The number of benzene rings is 1. The topological polar surface area (TPSA) is 144 Å². The number of pyridine rings is 1. The maximum absolute atomic E-state index is 13.6. The summed E-state index contributed by atoms with van der Waals surface area (Å²) < 4.78 is 53.4. The SMILES string of the molecule is Cc1cc([C@@H](C)Nc2ccc(Cl)nc2C(=O)NS(C)(=O)=O)c2nc(N3CCC(c4ccn(C(F)F)n4)CC3)n(C)c(=O)c2c1. The zero-order valence-corrected chi connectivity index (χ0v) is 26.0. The largest absolute Gasteiger partial charge is 0.377 e. The van der Waals surface area contributed by atoms with Gasteiger partial charge in [-0.25, -0.2) is 27.8 Å². The molecule has 1 amide bonds. The molecule has 0 bridgehead atoms. The summed E-state index contributed by atoms with van der Waals surface area (Å²) in [5.41, 5.74) is 2.37. The van der Waals surface area contributed by atoms with Gasteiger partial charge in [0.1, 0.15) is 5.15 Å². The molecule has 44 heavy (non-hydrogen) atoms. The number of piperidine rings is 1. The molecule has 5 rings (SSSR count). The number of carbonyl (C=O) groups excluding carboxylic acids is 1. The number of rotatable bonds is 8. The van der Waals surface area contributed by atoms with Crippen LogP contribution >= 0.6 is 11.6 Å². The van der Waals surface area contributed by atoms with Gasteiger partial charge in [-0.2, -0.15) is 13.9 Å². The average Bonchev–Trinajstić information content (AvgIpc) is 3.46. The number of aromatic nitrogens is 5. The normalized spacial score (nSPS) is 15.1. The summed E-state index contributed by atoms with van der Waals surface area (Å²) in [4.78, 5) is 37.3. The van der Waals surface area contributed by atoms with Gasteiger partial charge in [0.15, 0.2) is 5.69 Å². The lowest BCUT2D eigenvalue weighted by atomic mass is 9.94. The second-order valence-corrected chi connectivity index (χ2v) is 13.0. The van der Waals surface area contributed by atoms with Crippen LogP contribution in [0.2, 0.25) is 5.15 Å². The number of hydrogen-bond donors (Lipinski definition) is 2. The van der Waals surface area contributed by atoms with E-state index in [-0.39, 0.29) is 28.0 Å². The molecule has 1 atom stereocenters. The molecule has 0 radical (unpaired) electrons. The molecule has 12 nitrogen and oxygen atoms in total. The van der Waals surface area contributed by atoms with Gasteiger partial charge in [-0.3, -0.25) is 14.2 Å². The van der Waals surface area contributed by atoms with E-state index in [0.29, 0.717) is 58.7 Å². The van der Waals surface area contributed by atoms with E-state index in [1.807, 2.05) is 29.5 Å². The van der Waals surface area contributed by atoms with Gasteiger partial charge in [0.2, 0.25) is 16.0 Å². The minimum absolute atomic E-state index is 0.00353. The lowest BCUT2D eigenvalue weighted by Gasteiger charge is -2.33. The van der Waals surface area contributed by atoms with Crippen molar-refractivity contribution in [3.63, 3.8) is 0 Å². The van der Waals surface area contributed by atoms with Crippen LogP contribution in [0, 0.1) is 6.92 Å². The summed E-state index contributed by atoms with van der Waals surface area (Å²) >= 11 is 6.01. The number of nitrogens with one attached hydrogen (secondary N) is 2. The molecular formula is C28H31ClF2N8O4S. The molecule has 1 aliphatic heterocycles. The fourth-order valence-corrected chi connectivity index (χ4v) is 6.04. The molecule has 234 valence electrons. The van der Waals surface area contributed by atoms with E-state index in [4.69, 9.17) is 16.6 Å². The highest BCUT2D eigenvalue weighted by Gasteiger charge is 2.27. The lowest BCUT2D eigenvalue weighted by molar-refractivity contribution is 0.0559. The molecule has 2 N–H and O–H groups in total. The van der Waals surface area contributed by atoms with Gasteiger partial charge in [0, 0.05) is 37.8 Å². The number of amides is 1. The summed E-state index contributed by atoms with van der Waals surface area (Å²) in [6.45, 7) is 2.08. The zero-order valence-electron chi connectivity index (χ0n) is 24.4. The maximum atomic E-state index is 13.6. The van der Waals surface area contributed by atoms with E-state index in [1.165, 1.54) is 22.9 Å². The van der Waals surface area contributed by atoms with Crippen LogP contribution in [0.1, 0.15) is 65.6 Å². The van der Waals surface area contributed by atoms with E-state index in [9.17, 15) is 26.8 Å². The van der Waals surface area contributed by atoms with Crippen LogP contribution in [0.3, 0.4) is 0 Å². The predicted octanol–water partition coefficient (Wildman–Crippen LogP) is 4.13. The lowest BCUT2D eigenvalue weighted by Crippen LogP contribution is -2.38. The first kappa shape index (κ1) is 31.3. The number of sulfonamides is 1. The third kappa shape index (κ3) is 6.53. The summed E-state index contributed by atoms with van der Waals surface area (Å²) in [7, 11) is -2.20. The molecule has 0 spiro atoms. The third-order valence-electron chi connectivity index (χ3n) is 7.55. The van der Waals surface area contributed by atoms with Gasteiger partial charge in [-0.1, -0.05) is 17.7 Å². The molecule has 1 fully saturated rings. The molecule has 1 aromatic carbocycles. The Morgan fingerprint density at radius 3 is 2.48 bits per heavy atom. The Hall–Kier alpha value is -4.11. The summed E-state index contributed by atoms with van der Waals surface area (Å²) in [5, 5.41) is 7.64. The predicted molar refractivity (Wildman–Crippen MR) is 163 cm³/mol. The standard InChI is InChI=1S/C28H31ClF2N8O4S/c1-15-13-18(16(2)32-21-5-6-22(29)33-24(21)25(40)36-44(4,42)43)23-19(14-15)26(41)37(3)28(34-23)38-10-7-17(8-11-38)20-9-12-39(35-20)27(30)31/h5-6,9,12-14,16-17,27,32H,7-8,10-11H2,1-4H3,(H,36,40)/t16-/m1/s1. The van der Waals surface area contributed by atoms with E-state index >= 15 is 0 Å². The van der Waals surface area contributed by atoms with Crippen LogP contribution < -0.4 is 20.5 Å². The van der Waals surface area contributed by atoms with Crippen LogP contribution in [0.25, 0.3) is 10.9 Å². The van der Waals surface area contributed by atoms with Crippen LogP contribution in [-0.2, 0) is 17.1 Å². The van der Waals surface area contributed by atoms with Crippen molar-refractivity contribution in [3.8, 4) is 0 Å². The van der Waals surface area contributed by atoms with Gasteiger partial charge in [0.25, 0.3) is 11.5 Å². The smallest absolute Gasteiger partial charge is 0.333 e. The second-order valence-electron chi connectivity index (χ2n) is 10.9. The molecule has 0 unspecified atom stereocenters. The Balaban J connectivity index is 1.46. The van der Waals surface area contributed by atoms with Crippen molar-refractivity contribution >= 4 is 50.1 Å². The molecule has 0 aliphatic carbocycles. The zero-order chi connectivity index (χ0) is 31.9. The first-order valence-electron chi connectivity index (χ1n) is 13.8. The maximum Gasteiger partial charge on any atom is 0.333 e. The highest BCUT2D eigenvalue weighted by atomic mass is 35.5. The molecule has 0 saturated carbocycles. The molecule has 1 saturated heterocycles. The number of carbonyl (C=O) groups is 1. The number of nitrogens with zero attached hydrogens (tertiary/aromatic N) is 6. The fourth-order valence-electron chi connectivity index (χ4n) is 5.46. The minimum Gasteiger partial charge on any atom is -0.377 e. The van der Waals surface area contributed by atoms with Crippen LogP contribution in [-0.4, -0.2) is 58.0 Å². The van der Waals surface area contributed by atoms with Crippen molar-refractivity contribution < 1.29 is 22.0 Å². The molecule has 4 aromatic rings. The van der Waals surface area contributed by atoms with E-state index < -0.39 is 28.5 Å². The fraction of sp³-hybridized carbons (Fsp3) is 0.393. The summed E-state index contributed by atoms with van der Waals surface area (Å²) in [5.74, 6) is -0.469. The Morgan fingerprint density at radius 1 is 1.14 bits per heavy atom. The number of anilines is 2. The first-order valence-corrected chi connectivity index (χ1v) is 16.0. The number of halogens is 3. The second kappa shape index (κ2) is 12.1. The number of alkyl halides is 2. The van der Waals surface area contributed by atoms with Gasteiger partial charge >= 0.3 is 6.55 Å². The molecule has 16 heteroatoms. The highest BCUT2D eigenvalue weighted by molar-refractivity contribution is 7.89. The quantitative estimate of drug-likeness (QED) is 0.270. The Kier molecular flexibility index (Phi) is 8.62. The van der Waals surface area contributed by atoms with Crippen LogP contribution in [0.4, 0.5) is 20.4 Å². The Morgan fingerprint density at radius 2 is 1.84 bits per heavy atom.